The van der Waals surface area contributed by atoms with E-state index in [1.54, 1.807) is 36.4 Å². The first-order valence-corrected chi connectivity index (χ1v) is 7.39. The van der Waals surface area contributed by atoms with Crippen LogP contribution in [0.5, 0.6) is 0 Å². The molecule has 5 nitrogen and oxygen atoms in total. The van der Waals surface area contributed by atoms with Gasteiger partial charge in [-0.2, -0.15) is 17.9 Å². The minimum absolute atomic E-state index is 0. The number of rotatable bonds is 2. The Morgan fingerprint density at radius 1 is 1.00 bits per heavy atom. The highest BCUT2D eigenvalue weighted by Gasteiger charge is 2.25. The second kappa shape index (κ2) is 6.07. The Hall–Kier alpha value is -2.18. The average molecular weight is 322 g/mol. The lowest BCUT2D eigenvalue weighted by Crippen LogP contribution is -2.22. The van der Waals surface area contributed by atoms with Gasteiger partial charge in [0, 0.05) is 24.0 Å². The molecule has 108 valence electrons. The fourth-order valence-corrected chi connectivity index (χ4v) is 3.15. The predicted octanol–water partition coefficient (Wildman–Crippen LogP) is 2.72. The number of hydrogen-bond donors (Lipinski definition) is 0. The van der Waals surface area contributed by atoms with Crippen LogP contribution in [0.25, 0.3) is 10.8 Å². The first-order chi connectivity index (χ1) is 9.69. The Morgan fingerprint density at radius 3 is 2.67 bits per heavy atom. The number of sulfonamides is 1. The molecule has 2 aromatic rings. The minimum atomic E-state index is -3.81. The van der Waals surface area contributed by atoms with Crippen LogP contribution in [0.2, 0.25) is 0 Å². The van der Waals surface area contributed by atoms with Crippen molar-refractivity contribution in [2.24, 2.45) is 5.10 Å². The van der Waals surface area contributed by atoms with Gasteiger partial charge in [0.15, 0.2) is 5.03 Å². The van der Waals surface area contributed by atoms with Crippen molar-refractivity contribution in [2.75, 3.05) is 0 Å². The Bertz CT molecular complexity index is 823. The standard InChI is InChI=1S/C14H11N3O2S.ClH/c18-20(19,17-11-5-1-4-9-16-17)14-13-7-3-2-6-12(13)8-10-15-14;/h1-11H;1H. The van der Waals surface area contributed by atoms with E-state index in [2.05, 4.69) is 10.1 Å². The zero-order chi connectivity index (χ0) is 14.0. The molecule has 1 aromatic carbocycles. The Labute approximate surface area is 128 Å². The van der Waals surface area contributed by atoms with Gasteiger partial charge in [0.1, 0.15) is 0 Å². The fraction of sp³-hybridized carbons (Fsp3) is 0. The average Bonchev–Trinajstić information content (AvgIpc) is 2.76. The Kier molecular flexibility index (Phi) is 4.40. The van der Waals surface area contributed by atoms with E-state index < -0.39 is 10.0 Å². The molecule has 0 N–H and O–H groups in total. The van der Waals surface area contributed by atoms with Crippen LogP contribution in [0.4, 0.5) is 0 Å². The summed E-state index contributed by atoms with van der Waals surface area (Å²) in [6, 6.07) is 8.99. The summed E-state index contributed by atoms with van der Waals surface area (Å²) < 4.78 is 26.2. The smallest absolute Gasteiger partial charge is 0.242 e. The van der Waals surface area contributed by atoms with Gasteiger partial charge in [-0.15, -0.1) is 12.4 Å². The highest BCUT2D eigenvalue weighted by Crippen LogP contribution is 2.24. The van der Waals surface area contributed by atoms with Gasteiger partial charge >= 0.3 is 10.0 Å². The van der Waals surface area contributed by atoms with E-state index in [9.17, 15) is 8.42 Å². The lowest BCUT2D eigenvalue weighted by Gasteiger charge is -2.14. The van der Waals surface area contributed by atoms with Crippen LogP contribution >= 0.6 is 12.4 Å². The molecule has 1 aromatic heterocycles. The molecule has 3 rings (SSSR count). The van der Waals surface area contributed by atoms with Gasteiger partial charge in [-0.25, -0.2) is 4.98 Å². The number of allylic oxidation sites excluding steroid dienone is 3. The summed E-state index contributed by atoms with van der Waals surface area (Å²) in [4.78, 5) is 4.03. The molecule has 0 spiro atoms. The molecule has 0 radical (unpaired) electrons. The zero-order valence-electron chi connectivity index (χ0n) is 10.8. The molecule has 0 fully saturated rings. The predicted molar refractivity (Wildman–Crippen MR) is 84.8 cm³/mol. The lowest BCUT2D eigenvalue weighted by molar-refractivity contribution is 0.514. The highest BCUT2D eigenvalue weighted by molar-refractivity contribution is 7.89. The SMILES string of the molecule is Cl.O=S(=O)(c1nccc2ccccc12)N1C=CC=CC=N1. The van der Waals surface area contributed by atoms with Crippen molar-refractivity contribution in [3.63, 3.8) is 0 Å². The first-order valence-electron chi connectivity index (χ1n) is 5.95. The van der Waals surface area contributed by atoms with Gasteiger partial charge in [0.05, 0.1) is 0 Å². The van der Waals surface area contributed by atoms with Crippen LogP contribution in [-0.4, -0.2) is 24.0 Å². The zero-order valence-corrected chi connectivity index (χ0v) is 12.5. The van der Waals surface area contributed by atoms with Crippen molar-refractivity contribution < 1.29 is 8.42 Å². The number of hydrazone groups is 1. The summed E-state index contributed by atoms with van der Waals surface area (Å²) >= 11 is 0. The van der Waals surface area contributed by atoms with Crippen molar-refractivity contribution >= 4 is 39.4 Å². The summed E-state index contributed by atoms with van der Waals surface area (Å²) in [5.74, 6) is 0. The van der Waals surface area contributed by atoms with Gasteiger partial charge in [0.2, 0.25) is 0 Å². The summed E-state index contributed by atoms with van der Waals surface area (Å²) in [6.07, 6.45) is 9.26. The molecule has 21 heavy (non-hydrogen) atoms. The maximum absolute atomic E-state index is 12.6. The number of nitrogens with zero attached hydrogens (tertiary/aromatic N) is 3. The number of pyridine rings is 1. The van der Waals surface area contributed by atoms with Gasteiger partial charge in [-0.05, 0) is 23.6 Å². The van der Waals surface area contributed by atoms with Crippen LogP contribution in [0.1, 0.15) is 0 Å². The van der Waals surface area contributed by atoms with Crippen LogP contribution in [0.15, 0.2) is 71.1 Å². The second-order valence-corrected chi connectivity index (χ2v) is 5.82. The molecule has 0 atom stereocenters. The molecule has 0 aliphatic carbocycles. The van der Waals surface area contributed by atoms with Crippen molar-refractivity contribution in [3.05, 3.63) is 61.0 Å². The Morgan fingerprint density at radius 2 is 1.81 bits per heavy atom. The summed E-state index contributed by atoms with van der Waals surface area (Å²) in [6.45, 7) is 0. The number of hydrogen-bond acceptors (Lipinski definition) is 4. The number of benzene rings is 1. The molecule has 0 saturated heterocycles. The monoisotopic (exact) mass is 321 g/mol. The molecule has 0 bridgehead atoms. The molecule has 0 unspecified atom stereocenters. The third-order valence-electron chi connectivity index (χ3n) is 2.83. The van der Waals surface area contributed by atoms with Crippen molar-refractivity contribution in [3.8, 4) is 0 Å². The molecule has 1 aliphatic rings. The normalized spacial score (nSPS) is 14.0. The van der Waals surface area contributed by atoms with Gasteiger partial charge in [0.25, 0.3) is 0 Å². The maximum Gasteiger partial charge on any atom is 0.301 e. The first kappa shape index (κ1) is 15.2. The number of halogens is 1. The highest BCUT2D eigenvalue weighted by atomic mass is 35.5. The third kappa shape index (κ3) is 2.81. The molecule has 7 heteroatoms. The summed E-state index contributed by atoms with van der Waals surface area (Å²) in [5.41, 5.74) is 0. The maximum atomic E-state index is 12.6. The van der Waals surface area contributed by atoms with Gasteiger partial charge < -0.3 is 0 Å². The molecule has 1 aliphatic heterocycles. The largest absolute Gasteiger partial charge is 0.301 e. The van der Waals surface area contributed by atoms with Crippen LogP contribution in [0.3, 0.4) is 0 Å². The van der Waals surface area contributed by atoms with E-state index in [0.717, 1.165) is 9.80 Å². The molecular formula is C14H12ClN3O2S. The lowest BCUT2D eigenvalue weighted by atomic mass is 10.2. The summed E-state index contributed by atoms with van der Waals surface area (Å²) in [7, 11) is -3.81. The van der Waals surface area contributed by atoms with Crippen LogP contribution < -0.4 is 0 Å². The van der Waals surface area contributed by atoms with E-state index in [4.69, 9.17) is 0 Å². The van der Waals surface area contributed by atoms with Crippen LogP contribution in [0, 0.1) is 0 Å². The molecule has 2 heterocycles. The minimum Gasteiger partial charge on any atom is -0.242 e. The van der Waals surface area contributed by atoms with E-state index in [1.807, 2.05) is 12.1 Å². The van der Waals surface area contributed by atoms with Gasteiger partial charge in [-0.1, -0.05) is 30.3 Å². The Balaban J connectivity index is 0.00000161. The molecule has 0 saturated carbocycles. The van der Waals surface area contributed by atoms with E-state index in [0.29, 0.717) is 5.39 Å². The van der Waals surface area contributed by atoms with Gasteiger partial charge in [-0.3, -0.25) is 0 Å². The molecular weight excluding hydrogens is 310 g/mol. The van der Waals surface area contributed by atoms with E-state index in [-0.39, 0.29) is 17.4 Å². The van der Waals surface area contributed by atoms with E-state index in [1.165, 1.54) is 18.6 Å². The quantitative estimate of drug-likeness (QED) is 0.854. The topological polar surface area (TPSA) is 62.6 Å². The van der Waals surface area contributed by atoms with Crippen molar-refractivity contribution in [1.29, 1.82) is 0 Å². The van der Waals surface area contributed by atoms with Crippen LogP contribution in [-0.2, 0) is 10.0 Å². The second-order valence-electron chi connectivity index (χ2n) is 4.11. The number of fused-ring (bicyclic) bond motifs is 1. The summed E-state index contributed by atoms with van der Waals surface area (Å²) in [5, 5.41) is 5.28. The van der Waals surface area contributed by atoms with Crippen molar-refractivity contribution in [1.82, 2.24) is 9.40 Å². The number of aromatic nitrogens is 1. The molecule has 0 amide bonds. The van der Waals surface area contributed by atoms with E-state index >= 15 is 0 Å². The fourth-order valence-electron chi connectivity index (χ4n) is 1.91. The third-order valence-corrected chi connectivity index (χ3v) is 4.35. The van der Waals surface area contributed by atoms with Crippen molar-refractivity contribution in [2.45, 2.75) is 5.03 Å².